The SMILES string of the molecule is Cc1ccc2[nH]c(C)c(C(N)C3CCCC3)c2c1. The molecule has 3 rings (SSSR count). The van der Waals surface area contributed by atoms with Gasteiger partial charge < -0.3 is 10.7 Å². The van der Waals surface area contributed by atoms with Gasteiger partial charge in [0.2, 0.25) is 0 Å². The zero-order valence-electron chi connectivity index (χ0n) is 11.3. The van der Waals surface area contributed by atoms with Gasteiger partial charge in [0.25, 0.3) is 0 Å². The molecule has 1 aliphatic carbocycles. The number of nitrogens with two attached hydrogens (primary N) is 1. The second-order valence-electron chi connectivity index (χ2n) is 5.78. The number of rotatable bonds is 2. The summed E-state index contributed by atoms with van der Waals surface area (Å²) < 4.78 is 0. The van der Waals surface area contributed by atoms with Crippen molar-refractivity contribution in [2.24, 2.45) is 11.7 Å². The zero-order valence-corrected chi connectivity index (χ0v) is 11.3. The van der Waals surface area contributed by atoms with Crippen LogP contribution in [-0.4, -0.2) is 4.98 Å². The van der Waals surface area contributed by atoms with Gasteiger partial charge in [0, 0.05) is 22.6 Å². The van der Waals surface area contributed by atoms with Crippen LogP contribution >= 0.6 is 0 Å². The summed E-state index contributed by atoms with van der Waals surface area (Å²) in [7, 11) is 0. The number of fused-ring (bicyclic) bond motifs is 1. The lowest BCUT2D eigenvalue weighted by molar-refractivity contribution is 0.445. The van der Waals surface area contributed by atoms with Crippen LogP contribution in [0.15, 0.2) is 18.2 Å². The van der Waals surface area contributed by atoms with E-state index in [-0.39, 0.29) is 6.04 Å². The van der Waals surface area contributed by atoms with Crippen molar-refractivity contribution in [2.75, 3.05) is 0 Å². The van der Waals surface area contributed by atoms with Gasteiger partial charge in [-0.3, -0.25) is 0 Å². The van der Waals surface area contributed by atoms with Crippen LogP contribution < -0.4 is 5.73 Å². The Labute approximate surface area is 109 Å². The summed E-state index contributed by atoms with van der Waals surface area (Å²) in [5.41, 5.74) is 11.7. The summed E-state index contributed by atoms with van der Waals surface area (Å²) >= 11 is 0. The summed E-state index contributed by atoms with van der Waals surface area (Å²) in [5, 5.41) is 1.33. The Bertz CT molecular complexity index is 562. The first kappa shape index (κ1) is 11.8. The van der Waals surface area contributed by atoms with E-state index in [4.69, 9.17) is 5.73 Å². The van der Waals surface area contributed by atoms with E-state index in [1.165, 1.54) is 53.4 Å². The molecule has 0 aliphatic heterocycles. The average molecular weight is 242 g/mol. The average Bonchev–Trinajstić information content (AvgIpc) is 2.94. The van der Waals surface area contributed by atoms with Crippen molar-refractivity contribution in [1.29, 1.82) is 0 Å². The van der Waals surface area contributed by atoms with Crippen molar-refractivity contribution >= 4 is 10.9 Å². The molecule has 2 aromatic rings. The lowest BCUT2D eigenvalue weighted by Gasteiger charge is -2.19. The number of H-pyrrole nitrogens is 1. The number of benzene rings is 1. The summed E-state index contributed by atoms with van der Waals surface area (Å²) in [6.07, 6.45) is 5.27. The van der Waals surface area contributed by atoms with Gasteiger partial charge in [-0.1, -0.05) is 24.5 Å². The Morgan fingerprint density at radius 1 is 1.22 bits per heavy atom. The second-order valence-corrected chi connectivity index (χ2v) is 5.78. The minimum atomic E-state index is 0.197. The van der Waals surface area contributed by atoms with E-state index < -0.39 is 0 Å². The lowest BCUT2D eigenvalue weighted by atomic mass is 9.90. The van der Waals surface area contributed by atoms with Crippen molar-refractivity contribution in [3.05, 3.63) is 35.0 Å². The first-order valence-corrected chi connectivity index (χ1v) is 7.01. The van der Waals surface area contributed by atoms with Gasteiger partial charge >= 0.3 is 0 Å². The molecule has 1 aliphatic rings. The molecule has 1 fully saturated rings. The molecule has 1 heterocycles. The van der Waals surface area contributed by atoms with Crippen LogP contribution in [0.25, 0.3) is 10.9 Å². The van der Waals surface area contributed by atoms with E-state index in [9.17, 15) is 0 Å². The topological polar surface area (TPSA) is 41.8 Å². The third-order valence-corrected chi connectivity index (χ3v) is 4.43. The highest BCUT2D eigenvalue weighted by Crippen LogP contribution is 2.38. The van der Waals surface area contributed by atoms with Gasteiger partial charge in [-0.2, -0.15) is 0 Å². The molecule has 1 atom stereocenters. The minimum absolute atomic E-state index is 0.197. The summed E-state index contributed by atoms with van der Waals surface area (Å²) in [6.45, 7) is 4.30. The molecule has 1 aromatic carbocycles. The van der Waals surface area contributed by atoms with E-state index in [1.54, 1.807) is 0 Å². The van der Waals surface area contributed by atoms with Gasteiger partial charge in [-0.25, -0.2) is 0 Å². The fourth-order valence-corrected chi connectivity index (χ4v) is 3.44. The highest BCUT2D eigenvalue weighted by Gasteiger charge is 2.26. The zero-order chi connectivity index (χ0) is 12.7. The number of aryl methyl sites for hydroxylation is 2. The van der Waals surface area contributed by atoms with Crippen LogP contribution in [0.3, 0.4) is 0 Å². The third-order valence-electron chi connectivity index (χ3n) is 4.43. The molecule has 0 amide bonds. The Kier molecular flexibility index (Phi) is 2.90. The first-order chi connectivity index (χ1) is 8.66. The normalized spacial score (nSPS) is 18.6. The van der Waals surface area contributed by atoms with E-state index >= 15 is 0 Å². The molecular weight excluding hydrogens is 220 g/mol. The molecule has 0 radical (unpaired) electrons. The Hall–Kier alpha value is -1.28. The van der Waals surface area contributed by atoms with E-state index in [2.05, 4.69) is 37.0 Å². The highest BCUT2D eigenvalue weighted by molar-refractivity contribution is 5.85. The van der Waals surface area contributed by atoms with Gasteiger partial charge in [0.15, 0.2) is 0 Å². The molecule has 1 saturated carbocycles. The van der Waals surface area contributed by atoms with Gasteiger partial charge in [-0.15, -0.1) is 0 Å². The minimum Gasteiger partial charge on any atom is -0.358 e. The van der Waals surface area contributed by atoms with Crippen LogP contribution in [0.4, 0.5) is 0 Å². The van der Waals surface area contributed by atoms with Crippen LogP contribution in [0.2, 0.25) is 0 Å². The van der Waals surface area contributed by atoms with Crippen LogP contribution in [0.1, 0.15) is 48.5 Å². The molecule has 3 N–H and O–H groups in total. The molecule has 18 heavy (non-hydrogen) atoms. The molecule has 96 valence electrons. The van der Waals surface area contributed by atoms with Crippen molar-refractivity contribution in [1.82, 2.24) is 4.98 Å². The second kappa shape index (κ2) is 4.43. The quantitative estimate of drug-likeness (QED) is 0.822. The number of aromatic nitrogens is 1. The predicted molar refractivity (Wildman–Crippen MR) is 76.7 cm³/mol. The fourth-order valence-electron chi connectivity index (χ4n) is 3.44. The van der Waals surface area contributed by atoms with Crippen molar-refractivity contribution in [2.45, 2.75) is 45.6 Å². The largest absolute Gasteiger partial charge is 0.358 e. The number of nitrogens with one attached hydrogen (secondary N) is 1. The maximum absolute atomic E-state index is 6.54. The van der Waals surface area contributed by atoms with Crippen molar-refractivity contribution < 1.29 is 0 Å². The molecule has 2 nitrogen and oxygen atoms in total. The smallest absolute Gasteiger partial charge is 0.0459 e. The van der Waals surface area contributed by atoms with Crippen molar-refractivity contribution in [3.63, 3.8) is 0 Å². The van der Waals surface area contributed by atoms with Crippen LogP contribution in [0, 0.1) is 19.8 Å². The first-order valence-electron chi connectivity index (χ1n) is 7.01. The van der Waals surface area contributed by atoms with Gasteiger partial charge in [0.05, 0.1) is 0 Å². The number of aromatic amines is 1. The lowest BCUT2D eigenvalue weighted by Crippen LogP contribution is -2.19. The molecule has 0 bridgehead atoms. The van der Waals surface area contributed by atoms with E-state index in [0.717, 1.165) is 0 Å². The van der Waals surface area contributed by atoms with Gasteiger partial charge in [-0.05, 0) is 50.3 Å². The molecule has 0 spiro atoms. The fraction of sp³-hybridized carbons (Fsp3) is 0.500. The van der Waals surface area contributed by atoms with Crippen LogP contribution in [-0.2, 0) is 0 Å². The van der Waals surface area contributed by atoms with Crippen LogP contribution in [0.5, 0.6) is 0 Å². The summed E-state index contributed by atoms with van der Waals surface area (Å²) in [4.78, 5) is 3.48. The standard InChI is InChI=1S/C16H22N2/c1-10-7-8-14-13(9-10)15(11(2)18-14)16(17)12-5-3-4-6-12/h7-9,12,16,18H,3-6,17H2,1-2H3. The maximum atomic E-state index is 6.54. The Balaban J connectivity index is 2.09. The van der Waals surface area contributed by atoms with Crippen molar-refractivity contribution in [3.8, 4) is 0 Å². The Morgan fingerprint density at radius 3 is 2.67 bits per heavy atom. The van der Waals surface area contributed by atoms with Gasteiger partial charge in [0.1, 0.15) is 0 Å². The molecule has 1 aromatic heterocycles. The number of hydrogen-bond donors (Lipinski definition) is 2. The third kappa shape index (κ3) is 1.85. The molecule has 1 unspecified atom stereocenters. The summed E-state index contributed by atoms with van der Waals surface area (Å²) in [6, 6.07) is 6.79. The molecule has 2 heteroatoms. The summed E-state index contributed by atoms with van der Waals surface area (Å²) in [5.74, 6) is 0.670. The van der Waals surface area contributed by atoms with E-state index in [1.807, 2.05) is 0 Å². The predicted octanol–water partition coefficient (Wildman–Crippen LogP) is 3.97. The molecule has 0 saturated heterocycles. The number of hydrogen-bond acceptors (Lipinski definition) is 1. The molecular formula is C16H22N2. The monoisotopic (exact) mass is 242 g/mol. The highest BCUT2D eigenvalue weighted by atomic mass is 14.8. The van der Waals surface area contributed by atoms with E-state index in [0.29, 0.717) is 5.92 Å². The Morgan fingerprint density at radius 2 is 1.94 bits per heavy atom. The maximum Gasteiger partial charge on any atom is 0.0459 e.